The number of nitrogens with zero attached hydrogens (tertiary/aromatic N) is 5. The maximum absolute atomic E-state index is 14.0. The fourth-order valence-corrected chi connectivity index (χ4v) is 6.25. The van der Waals surface area contributed by atoms with Crippen LogP contribution < -0.4 is 10.1 Å². The van der Waals surface area contributed by atoms with E-state index in [1.54, 1.807) is 19.6 Å². The van der Waals surface area contributed by atoms with Crippen molar-refractivity contribution in [2.24, 2.45) is 0 Å². The third-order valence-electron chi connectivity index (χ3n) is 7.44. The smallest absolute Gasteiger partial charge is 0.211 e. The molecule has 11 heteroatoms. The van der Waals surface area contributed by atoms with Gasteiger partial charge in [-0.2, -0.15) is 0 Å². The summed E-state index contributed by atoms with van der Waals surface area (Å²) in [6.45, 7) is 1.50. The predicted octanol–water partition coefficient (Wildman–Crippen LogP) is 4.68. The molecule has 1 N–H and O–H groups in total. The summed E-state index contributed by atoms with van der Waals surface area (Å²) in [6.07, 6.45) is 6.97. The van der Waals surface area contributed by atoms with Crippen LogP contribution in [0, 0.1) is 5.82 Å². The fourth-order valence-electron chi connectivity index (χ4n) is 5.37. The first-order chi connectivity index (χ1) is 19.3. The molecule has 0 spiro atoms. The summed E-state index contributed by atoms with van der Waals surface area (Å²) < 4.78 is 46.9. The molecule has 6 rings (SSSR count). The zero-order chi connectivity index (χ0) is 27.9. The van der Waals surface area contributed by atoms with E-state index < -0.39 is 15.8 Å². The molecule has 3 aromatic heterocycles. The zero-order valence-electron chi connectivity index (χ0n) is 22.2. The van der Waals surface area contributed by atoms with E-state index in [4.69, 9.17) is 9.72 Å². The highest BCUT2D eigenvalue weighted by atomic mass is 32.2. The molecule has 206 valence electrons. The third-order valence-corrected chi connectivity index (χ3v) is 8.74. The number of sulfonamides is 1. The Balaban J connectivity index is 1.45. The molecule has 1 fully saturated rings. The number of ether oxygens (including phenoxy) is 1. The number of aromatic nitrogens is 4. The average molecular weight is 561 g/mol. The number of pyridine rings is 1. The van der Waals surface area contributed by atoms with Gasteiger partial charge in [-0.05, 0) is 54.3 Å². The van der Waals surface area contributed by atoms with Crippen molar-refractivity contribution in [3.05, 3.63) is 78.6 Å². The van der Waals surface area contributed by atoms with E-state index in [1.807, 2.05) is 42.5 Å². The summed E-state index contributed by atoms with van der Waals surface area (Å²) in [5.41, 5.74) is 4.33. The minimum atomic E-state index is -3.21. The quantitative estimate of drug-likeness (QED) is 0.308. The molecular formula is C29H29FN6O3S. The molecule has 4 heterocycles. The van der Waals surface area contributed by atoms with Crippen LogP contribution in [0.25, 0.3) is 33.1 Å². The molecule has 0 unspecified atom stereocenters. The first kappa shape index (κ1) is 26.1. The normalized spacial score (nSPS) is 15.1. The Morgan fingerprint density at radius 3 is 2.50 bits per heavy atom. The molecular weight excluding hydrogens is 531 g/mol. The van der Waals surface area contributed by atoms with Crippen LogP contribution in [0.4, 0.5) is 10.2 Å². The molecule has 0 amide bonds. The zero-order valence-corrected chi connectivity index (χ0v) is 23.0. The number of anilines is 1. The van der Waals surface area contributed by atoms with Crippen LogP contribution >= 0.6 is 0 Å². The Labute approximate surface area is 231 Å². The Hall–Kier alpha value is -4.09. The van der Waals surface area contributed by atoms with E-state index >= 15 is 0 Å². The Kier molecular flexibility index (Phi) is 6.85. The number of methoxy groups -OCH3 is 1. The van der Waals surface area contributed by atoms with Gasteiger partial charge in [-0.3, -0.25) is 4.98 Å². The summed E-state index contributed by atoms with van der Waals surface area (Å²) in [5, 5.41) is 5.37. The Morgan fingerprint density at radius 1 is 1.02 bits per heavy atom. The molecule has 2 aromatic carbocycles. The second kappa shape index (κ2) is 10.5. The third kappa shape index (κ3) is 5.09. The van der Waals surface area contributed by atoms with Crippen LogP contribution in [-0.2, 0) is 16.6 Å². The van der Waals surface area contributed by atoms with Crippen molar-refractivity contribution in [3.63, 3.8) is 0 Å². The van der Waals surface area contributed by atoms with E-state index in [0.717, 1.165) is 38.8 Å². The average Bonchev–Trinajstić information content (AvgIpc) is 3.27. The van der Waals surface area contributed by atoms with Gasteiger partial charge >= 0.3 is 0 Å². The molecule has 1 aliphatic rings. The van der Waals surface area contributed by atoms with Gasteiger partial charge in [0, 0.05) is 42.8 Å². The number of piperidine rings is 1. The highest BCUT2D eigenvalue weighted by molar-refractivity contribution is 7.88. The number of fused-ring (bicyclic) bond motifs is 3. The number of nitrogens with one attached hydrogen (secondary N) is 1. The molecule has 40 heavy (non-hydrogen) atoms. The van der Waals surface area contributed by atoms with Crippen LogP contribution in [0.2, 0.25) is 0 Å². The van der Waals surface area contributed by atoms with Gasteiger partial charge in [-0.15, -0.1) is 0 Å². The van der Waals surface area contributed by atoms with Gasteiger partial charge in [0.25, 0.3) is 0 Å². The van der Waals surface area contributed by atoms with Crippen molar-refractivity contribution in [1.82, 2.24) is 23.8 Å². The van der Waals surface area contributed by atoms with Gasteiger partial charge in [-0.25, -0.2) is 27.1 Å². The van der Waals surface area contributed by atoms with Crippen molar-refractivity contribution in [2.75, 3.05) is 31.8 Å². The largest absolute Gasteiger partial charge is 0.497 e. The molecule has 1 aliphatic heterocycles. The minimum absolute atomic E-state index is 0.0618. The highest BCUT2D eigenvalue weighted by Gasteiger charge is 2.26. The van der Waals surface area contributed by atoms with Gasteiger partial charge in [0.15, 0.2) is 0 Å². The molecule has 0 saturated carbocycles. The number of hydrogen-bond donors (Lipinski definition) is 1. The number of benzene rings is 2. The molecule has 0 radical (unpaired) electrons. The second-order valence-corrected chi connectivity index (χ2v) is 12.0. The molecule has 5 aromatic rings. The van der Waals surface area contributed by atoms with E-state index in [9.17, 15) is 12.8 Å². The van der Waals surface area contributed by atoms with Crippen molar-refractivity contribution in [3.8, 4) is 16.9 Å². The lowest BCUT2D eigenvalue weighted by atomic mass is 10.0. The summed E-state index contributed by atoms with van der Waals surface area (Å²) in [7, 11) is -1.57. The molecule has 0 atom stereocenters. The summed E-state index contributed by atoms with van der Waals surface area (Å²) in [6, 6.07) is 15.5. The van der Waals surface area contributed by atoms with Crippen molar-refractivity contribution in [2.45, 2.75) is 25.4 Å². The van der Waals surface area contributed by atoms with E-state index in [0.29, 0.717) is 43.9 Å². The Bertz CT molecular complexity index is 1800. The lowest BCUT2D eigenvalue weighted by Crippen LogP contribution is -2.41. The summed E-state index contributed by atoms with van der Waals surface area (Å²) >= 11 is 0. The fraction of sp³-hybridized carbons (Fsp3) is 0.276. The molecule has 0 aliphatic carbocycles. The van der Waals surface area contributed by atoms with Crippen LogP contribution in [0.15, 0.2) is 67.3 Å². The van der Waals surface area contributed by atoms with Crippen molar-refractivity contribution < 1.29 is 17.5 Å². The van der Waals surface area contributed by atoms with Gasteiger partial charge in [0.05, 0.1) is 30.5 Å². The summed E-state index contributed by atoms with van der Waals surface area (Å²) in [5.74, 6) is 1.08. The monoisotopic (exact) mass is 560 g/mol. The number of rotatable bonds is 7. The van der Waals surface area contributed by atoms with Crippen LogP contribution in [0.1, 0.15) is 18.4 Å². The first-order valence-electron chi connectivity index (χ1n) is 13.0. The first-order valence-corrected chi connectivity index (χ1v) is 14.9. The van der Waals surface area contributed by atoms with Crippen molar-refractivity contribution in [1.29, 1.82) is 0 Å². The van der Waals surface area contributed by atoms with Crippen LogP contribution in [-0.4, -0.2) is 64.7 Å². The van der Waals surface area contributed by atoms with Crippen LogP contribution in [0.5, 0.6) is 5.75 Å². The lowest BCUT2D eigenvalue weighted by molar-refractivity contribution is 0.331. The predicted molar refractivity (Wildman–Crippen MR) is 153 cm³/mol. The number of hydrogen-bond acceptors (Lipinski definition) is 7. The maximum Gasteiger partial charge on any atom is 0.211 e. The Morgan fingerprint density at radius 2 is 1.80 bits per heavy atom. The highest BCUT2D eigenvalue weighted by Crippen LogP contribution is 2.36. The molecule has 9 nitrogen and oxygen atoms in total. The van der Waals surface area contributed by atoms with Gasteiger partial charge < -0.3 is 14.6 Å². The minimum Gasteiger partial charge on any atom is -0.497 e. The lowest BCUT2D eigenvalue weighted by Gasteiger charge is -2.31. The van der Waals surface area contributed by atoms with Gasteiger partial charge in [0.2, 0.25) is 10.0 Å². The topological polar surface area (TPSA) is 102 Å². The van der Waals surface area contributed by atoms with E-state index in [1.165, 1.54) is 22.8 Å². The van der Waals surface area contributed by atoms with E-state index in [-0.39, 0.29) is 6.04 Å². The van der Waals surface area contributed by atoms with Gasteiger partial charge in [-0.1, -0.05) is 18.2 Å². The maximum atomic E-state index is 14.0. The van der Waals surface area contributed by atoms with Crippen LogP contribution in [0.3, 0.4) is 0 Å². The number of halogens is 1. The van der Waals surface area contributed by atoms with Crippen molar-refractivity contribution >= 4 is 37.8 Å². The second-order valence-electron chi connectivity index (χ2n) is 10.1. The van der Waals surface area contributed by atoms with E-state index in [2.05, 4.69) is 19.9 Å². The SMILES string of the molecule is COc1ccc(Cn2c3ccc(-c4cncc(F)c4)cc3c3c(NC4CCN(S(C)(=O)=O)CC4)ncnc32)cc1. The molecule has 1 saturated heterocycles. The van der Waals surface area contributed by atoms with Gasteiger partial charge in [0.1, 0.15) is 29.4 Å². The standard InChI is InChI=1S/C29H29FN6O3S/c1-39-24-6-3-19(4-7-24)17-36-26-8-5-20(21-13-22(30)16-31-15-21)14-25(26)27-28(32-18-33-29(27)36)34-23-9-11-35(12-10-23)40(2,37)38/h3-8,13-16,18,23H,9-12,17H2,1-2H3,(H,32,33,34). The molecule has 0 bridgehead atoms. The summed E-state index contributed by atoms with van der Waals surface area (Å²) in [4.78, 5) is 13.3.